The summed E-state index contributed by atoms with van der Waals surface area (Å²) in [4.78, 5) is 9.91. The molecule has 2 aromatic heterocycles. The molecule has 7 nitrogen and oxygen atoms in total. The summed E-state index contributed by atoms with van der Waals surface area (Å²) in [6.45, 7) is 5.50. The van der Waals surface area contributed by atoms with Gasteiger partial charge in [0.2, 0.25) is 5.88 Å². The lowest BCUT2D eigenvalue weighted by Crippen LogP contribution is -2.40. The van der Waals surface area contributed by atoms with Crippen LogP contribution in [0.5, 0.6) is 5.88 Å². The zero-order valence-corrected chi connectivity index (χ0v) is 17.3. The second-order valence-corrected chi connectivity index (χ2v) is 6.93. The van der Waals surface area contributed by atoms with Crippen molar-refractivity contribution in [2.24, 2.45) is 12.0 Å². The first-order chi connectivity index (χ1) is 13.6. The Balaban J connectivity index is 1.84. The fourth-order valence-electron chi connectivity index (χ4n) is 2.83. The minimum atomic E-state index is -4.41. The smallest absolute Gasteiger partial charge is 0.417 e. The van der Waals surface area contributed by atoms with Gasteiger partial charge in [-0.25, -0.2) is 4.98 Å². The molecule has 10 heteroatoms. The van der Waals surface area contributed by atoms with Crippen LogP contribution in [0.2, 0.25) is 0 Å². The molecular formula is C19H27F3N6O. The number of aromatic nitrogens is 3. The summed E-state index contributed by atoms with van der Waals surface area (Å²) >= 11 is 0. The highest BCUT2D eigenvalue weighted by Crippen LogP contribution is 2.29. The maximum absolute atomic E-state index is 12.5. The van der Waals surface area contributed by atoms with Crippen molar-refractivity contribution in [3.05, 3.63) is 41.3 Å². The molecule has 29 heavy (non-hydrogen) atoms. The van der Waals surface area contributed by atoms with Crippen LogP contribution in [0.25, 0.3) is 0 Å². The Hall–Kier alpha value is -2.78. The Morgan fingerprint density at radius 2 is 2.07 bits per heavy atom. The van der Waals surface area contributed by atoms with Crippen molar-refractivity contribution < 1.29 is 17.9 Å². The van der Waals surface area contributed by atoms with Crippen LogP contribution in [-0.2, 0) is 19.8 Å². The van der Waals surface area contributed by atoms with E-state index in [0.29, 0.717) is 25.0 Å². The predicted molar refractivity (Wildman–Crippen MR) is 105 cm³/mol. The quantitative estimate of drug-likeness (QED) is 0.430. The first-order valence-corrected chi connectivity index (χ1v) is 9.22. The number of alkyl halides is 3. The van der Waals surface area contributed by atoms with Gasteiger partial charge in [-0.3, -0.25) is 9.67 Å². The molecule has 0 aliphatic heterocycles. The molecule has 0 fully saturated rings. The van der Waals surface area contributed by atoms with Gasteiger partial charge in [-0.05, 0) is 12.0 Å². The molecule has 0 amide bonds. The molecule has 0 spiro atoms. The standard InChI is InChI=1S/C19H27F3N6O/c1-13(2)17-14(12-28(5)26-17)11-27(4)18(23-3)24-8-9-29-16-7-6-15(10-25-16)19(20,21)22/h6-7,10,12-13H,8-9,11H2,1-5H3,(H,23,24). The molecule has 1 N–H and O–H groups in total. The van der Waals surface area contributed by atoms with E-state index >= 15 is 0 Å². The summed E-state index contributed by atoms with van der Waals surface area (Å²) in [5.74, 6) is 1.13. The lowest BCUT2D eigenvalue weighted by Gasteiger charge is -2.22. The highest BCUT2D eigenvalue weighted by atomic mass is 19.4. The number of guanidine groups is 1. The Bertz CT molecular complexity index is 814. The summed E-state index contributed by atoms with van der Waals surface area (Å²) in [5.41, 5.74) is 1.37. The van der Waals surface area contributed by atoms with Crippen molar-refractivity contribution >= 4 is 5.96 Å². The molecule has 0 atom stereocenters. The average molecular weight is 412 g/mol. The van der Waals surface area contributed by atoms with E-state index in [-0.39, 0.29) is 12.5 Å². The summed E-state index contributed by atoms with van der Waals surface area (Å²) in [6.07, 6.45) is -1.65. The SMILES string of the molecule is CN=C(NCCOc1ccc(C(F)(F)F)cn1)N(C)Cc1cn(C)nc1C(C)C. The van der Waals surface area contributed by atoms with Gasteiger partial charge in [0.05, 0.1) is 17.8 Å². The van der Waals surface area contributed by atoms with Gasteiger partial charge in [-0.15, -0.1) is 0 Å². The number of aliphatic imine (C=N–C) groups is 1. The summed E-state index contributed by atoms with van der Waals surface area (Å²) in [6, 6.07) is 2.16. The first kappa shape index (κ1) is 22.5. The largest absolute Gasteiger partial charge is 0.476 e. The van der Waals surface area contributed by atoms with Gasteiger partial charge in [0.25, 0.3) is 0 Å². The molecule has 2 aromatic rings. The highest BCUT2D eigenvalue weighted by Gasteiger charge is 2.30. The van der Waals surface area contributed by atoms with E-state index in [2.05, 4.69) is 34.2 Å². The minimum Gasteiger partial charge on any atom is -0.476 e. The van der Waals surface area contributed by atoms with Gasteiger partial charge in [0, 0.05) is 51.7 Å². The fourth-order valence-corrected chi connectivity index (χ4v) is 2.83. The van der Waals surface area contributed by atoms with Crippen molar-refractivity contribution in [1.29, 1.82) is 0 Å². The van der Waals surface area contributed by atoms with Crippen LogP contribution in [0, 0.1) is 0 Å². The third-order valence-corrected chi connectivity index (χ3v) is 4.16. The molecule has 0 saturated heterocycles. The van der Waals surface area contributed by atoms with Crippen molar-refractivity contribution in [2.45, 2.75) is 32.5 Å². The van der Waals surface area contributed by atoms with Gasteiger partial charge in [-0.1, -0.05) is 13.8 Å². The first-order valence-electron chi connectivity index (χ1n) is 9.22. The summed E-state index contributed by atoms with van der Waals surface area (Å²) in [7, 11) is 5.50. The van der Waals surface area contributed by atoms with Crippen molar-refractivity contribution in [1.82, 2.24) is 25.0 Å². The molecule has 0 saturated carbocycles. The monoisotopic (exact) mass is 412 g/mol. The predicted octanol–water partition coefficient (Wildman–Crippen LogP) is 3.04. The number of nitrogens with one attached hydrogen (secondary N) is 1. The van der Waals surface area contributed by atoms with Crippen LogP contribution in [0.3, 0.4) is 0 Å². The Kier molecular flexibility index (Phi) is 7.46. The number of pyridine rings is 1. The summed E-state index contributed by atoms with van der Waals surface area (Å²) in [5, 5.41) is 7.68. The van der Waals surface area contributed by atoms with Crippen LogP contribution in [0.1, 0.15) is 36.6 Å². The molecule has 0 aliphatic carbocycles. The summed E-state index contributed by atoms with van der Waals surface area (Å²) < 4.78 is 44.8. The molecule has 0 unspecified atom stereocenters. The highest BCUT2D eigenvalue weighted by molar-refractivity contribution is 5.79. The molecule has 0 aromatic carbocycles. The van der Waals surface area contributed by atoms with E-state index in [0.717, 1.165) is 23.5 Å². The zero-order valence-electron chi connectivity index (χ0n) is 17.3. The molecule has 0 aliphatic rings. The molecule has 0 radical (unpaired) electrons. The van der Waals surface area contributed by atoms with Gasteiger partial charge in [-0.2, -0.15) is 18.3 Å². The van der Waals surface area contributed by atoms with E-state index in [1.54, 1.807) is 11.7 Å². The van der Waals surface area contributed by atoms with Gasteiger partial charge < -0.3 is 15.0 Å². The van der Waals surface area contributed by atoms with Crippen molar-refractivity contribution in [3.8, 4) is 5.88 Å². The normalized spacial score (nSPS) is 12.4. The fraction of sp³-hybridized carbons (Fsp3) is 0.526. The minimum absolute atomic E-state index is 0.139. The lowest BCUT2D eigenvalue weighted by atomic mass is 10.1. The van der Waals surface area contributed by atoms with Gasteiger partial charge in [0.1, 0.15) is 6.61 Å². The lowest BCUT2D eigenvalue weighted by molar-refractivity contribution is -0.137. The average Bonchev–Trinajstić information content (AvgIpc) is 3.01. The topological polar surface area (TPSA) is 67.6 Å². The second kappa shape index (κ2) is 9.62. The number of nitrogens with zero attached hydrogens (tertiary/aromatic N) is 5. The third kappa shape index (κ3) is 6.37. The molecule has 160 valence electrons. The van der Waals surface area contributed by atoms with E-state index < -0.39 is 11.7 Å². The Morgan fingerprint density at radius 3 is 2.62 bits per heavy atom. The number of hydrogen-bond donors (Lipinski definition) is 1. The third-order valence-electron chi connectivity index (χ3n) is 4.16. The number of rotatable bonds is 7. The van der Waals surface area contributed by atoms with Gasteiger partial charge in [0.15, 0.2) is 5.96 Å². The van der Waals surface area contributed by atoms with E-state index in [9.17, 15) is 13.2 Å². The zero-order chi connectivity index (χ0) is 21.6. The molecule has 2 heterocycles. The van der Waals surface area contributed by atoms with Crippen LogP contribution < -0.4 is 10.1 Å². The maximum Gasteiger partial charge on any atom is 0.417 e. The van der Waals surface area contributed by atoms with Crippen molar-refractivity contribution in [3.63, 3.8) is 0 Å². The van der Waals surface area contributed by atoms with Crippen LogP contribution in [0.15, 0.2) is 29.5 Å². The second-order valence-electron chi connectivity index (χ2n) is 6.93. The number of aryl methyl sites for hydroxylation is 1. The Morgan fingerprint density at radius 1 is 1.34 bits per heavy atom. The van der Waals surface area contributed by atoms with Crippen LogP contribution >= 0.6 is 0 Å². The van der Waals surface area contributed by atoms with E-state index in [4.69, 9.17) is 4.74 Å². The van der Waals surface area contributed by atoms with Gasteiger partial charge >= 0.3 is 6.18 Å². The molecular weight excluding hydrogens is 385 g/mol. The Labute approximate surface area is 168 Å². The van der Waals surface area contributed by atoms with E-state index in [1.807, 2.05) is 25.2 Å². The number of ether oxygens (including phenoxy) is 1. The maximum atomic E-state index is 12.5. The van der Waals surface area contributed by atoms with Crippen molar-refractivity contribution in [2.75, 3.05) is 27.2 Å². The van der Waals surface area contributed by atoms with E-state index in [1.165, 1.54) is 6.07 Å². The molecule has 0 bridgehead atoms. The number of hydrogen-bond acceptors (Lipinski definition) is 4. The molecule has 2 rings (SSSR count). The number of halogens is 3. The van der Waals surface area contributed by atoms with Crippen LogP contribution in [0.4, 0.5) is 13.2 Å². The van der Waals surface area contributed by atoms with Crippen LogP contribution in [-0.4, -0.2) is 52.9 Å².